The number of fused-ring (bicyclic) bond motifs is 1. The molecule has 5 rings (SSSR count). The molecule has 0 saturated heterocycles. The van der Waals surface area contributed by atoms with Gasteiger partial charge in [-0.15, -0.1) is 0 Å². The van der Waals surface area contributed by atoms with E-state index in [0.717, 1.165) is 43.1 Å². The molecule has 1 aliphatic carbocycles. The summed E-state index contributed by atoms with van der Waals surface area (Å²) in [5.41, 5.74) is 5.29. The van der Waals surface area contributed by atoms with Gasteiger partial charge >= 0.3 is 0 Å². The zero-order valence-electron chi connectivity index (χ0n) is 24.7. The highest BCUT2D eigenvalue weighted by molar-refractivity contribution is 5.79. The number of rotatable bonds is 11. The predicted molar refractivity (Wildman–Crippen MR) is 160 cm³/mol. The third-order valence-corrected chi connectivity index (χ3v) is 8.66. The molecule has 41 heavy (non-hydrogen) atoms. The van der Waals surface area contributed by atoms with Crippen LogP contribution in [0.4, 0.5) is 11.5 Å². The number of aromatic nitrogens is 4. The van der Waals surface area contributed by atoms with Gasteiger partial charge in [0.25, 0.3) is 0 Å². The number of hydrogen-bond donors (Lipinski definition) is 1. The van der Waals surface area contributed by atoms with Crippen LogP contribution in [-0.2, 0) is 35.8 Å². The Hall–Kier alpha value is -3.79. The molecule has 3 aromatic heterocycles. The first-order valence-corrected chi connectivity index (χ1v) is 14.8. The first-order chi connectivity index (χ1) is 19.9. The van der Waals surface area contributed by atoms with Crippen molar-refractivity contribution < 1.29 is 9.59 Å². The lowest BCUT2D eigenvalue weighted by atomic mass is 9.85. The Balaban J connectivity index is 1.25. The monoisotopic (exact) mass is 558 g/mol. The van der Waals surface area contributed by atoms with Gasteiger partial charge in [-0.25, -0.2) is 9.97 Å². The fourth-order valence-electron chi connectivity index (χ4n) is 6.25. The van der Waals surface area contributed by atoms with E-state index in [-0.39, 0.29) is 18.9 Å². The minimum atomic E-state index is -0.114. The number of amides is 2. The zero-order chi connectivity index (χ0) is 28.9. The lowest BCUT2D eigenvalue weighted by Gasteiger charge is -2.37. The maximum Gasteiger partial charge on any atom is 0.221 e. The van der Waals surface area contributed by atoms with E-state index in [1.165, 1.54) is 41.8 Å². The summed E-state index contributed by atoms with van der Waals surface area (Å²) in [6.45, 7) is 7.63. The van der Waals surface area contributed by atoms with Gasteiger partial charge in [0.2, 0.25) is 12.3 Å². The van der Waals surface area contributed by atoms with Crippen molar-refractivity contribution in [3.63, 3.8) is 0 Å². The zero-order valence-corrected chi connectivity index (χ0v) is 24.7. The molecule has 218 valence electrons. The number of nitrogens with zero attached hydrogens (tertiary/aromatic N) is 7. The molecule has 0 spiro atoms. The van der Waals surface area contributed by atoms with E-state index in [1.54, 1.807) is 13.2 Å². The highest BCUT2D eigenvalue weighted by atomic mass is 16.2. The smallest absolute Gasteiger partial charge is 0.221 e. The number of anilines is 2. The minimum Gasteiger partial charge on any atom is -0.370 e. The fraction of sp³-hybridized carbons (Fsp3) is 0.516. The first kappa shape index (κ1) is 28.7. The van der Waals surface area contributed by atoms with E-state index < -0.39 is 0 Å². The third-order valence-electron chi connectivity index (χ3n) is 8.66. The molecular formula is C31H42N8O2. The van der Waals surface area contributed by atoms with Gasteiger partial charge in [0.1, 0.15) is 11.5 Å². The maximum atomic E-state index is 11.8. The molecule has 1 N–H and O–H groups in total. The molecule has 0 bridgehead atoms. The Bertz CT molecular complexity index is 1350. The number of hydrogen-bond acceptors (Lipinski definition) is 7. The SMILES string of the molecule is CCn1c(N(C=O)CCC(=O)NC)cnc1-c1ccc2c(n1)CN(Cc1ccc(N(C)C3CCCCC3C)cn1)C2. The van der Waals surface area contributed by atoms with Crippen molar-refractivity contribution in [1.82, 2.24) is 29.7 Å². The summed E-state index contributed by atoms with van der Waals surface area (Å²) >= 11 is 0. The lowest BCUT2D eigenvalue weighted by molar-refractivity contribution is -0.120. The number of imidazole rings is 1. The highest BCUT2D eigenvalue weighted by Gasteiger charge is 2.26. The molecule has 1 saturated carbocycles. The van der Waals surface area contributed by atoms with Gasteiger partial charge in [-0.3, -0.25) is 24.4 Å². The van der Waals surface area contributed by atoms with Crippen LogP contribution in [0.1, 0.15) is 62.9 Å². The van der Waals surface area contributed by atoms with Gasteiger partial charge < -0.3 is 14.8 Å². The third kappa shape index (κ3) is 6.27. The summed E-state index contributed by atoms with van der Waals surface area (Å²) < 4.78 is 1.97. The van der Waals surface area contributed by atoms with Crippen molar-refractivity contribution in [2.24, 2.45) is 5.92 Å². The number of carbonyl (C=O) groups excluding carboxylic acids is 2. The summed E-state index contributed by atoms with van der Waals surface area (Å²) in [7, 11) is 3.80. The molecule has 0 radical (unpaired) electrons. The second kappa shape index (κ2) is 12.8. The van der Waals surface area contributed by atoms with Crippen LogP contribution in [0.15, 0.2) is 36.7 Å². The second-order valence-corrected chi connectivity index (χ2v) is 11.3. The van der Waals surface area contributed by atoms with Crippen molar-refractivity contribution >= 4 is 23.8 Å². The van der Waals surface area contributed by atoms with Gasteiger partial charge in [-0.05, 0) is 49.4 Å². The summed E-state index contributed by atoms with van der Waals surface area (Å²) in [4.78, 5) is 44.3. The van der Waals surface area contributed by atoms with Crippen LogP contribution >= 0.6 is 0 Å². The van der Waals surface area contributed by atoms with Crippen LogP contribution < -0.4 is 15.1 Å². The fourth-order valence-corrected chi connectivity index (χ4v) is 6.25. The van der Waals surface area contributed by atoms with Crippen LogP contribution in [0.5, 0.6) is 0 Å². The van der Waals surface area contributed by atoms with Crippen LogP contribution in [0.3, 0.4) is 0 Å². The van der Waals surface area contributed by atoms with Gasteiger partial charge in [-0.2, -0.15) is 0 Å². The van der Waals surface area contributed by atoms with E-state index in [4.69, 9.17) is 9.97 Å². The molecule has 2 unspecified atom stereocenters. The first-order valence-electron chi connectivity index (χ1n) is 14.8. The Morgan fingerprint density at radius 3 is 2.66 bits per heavy atom. The standard InChI is InChI=1S/C31H42N8O2/c1-5-39-30(38(21-40)15-14-29(41)32-3)17-34-31(39)26-13-10-23-18-37(20-27(23)35-26)19-24-11-12-25(16-33-24)36(4)28-9-7-6-8-22(28)2/h10-13,16-17,21-22,28H,5-9,14-15,18-20H2,1-4H3,(H,32,41). The van der Waals surface area contributed by atoms with E-state index in [9.17, 15) is 9.59 Å². The van der Waals surface area contributed by atoms with Crippen molar-refractivity contribution in [2.75, 3.05) is 30.4 Å². The minimum absolute atomic E-state index is 0.114. The molecule has 10 heteroatoms. The van der Waals surface area contributed by atoms with Crippen molar-refractivity contribution in [3.8, 4) is 11.5 Å². The van der Waals surface area contributed by atoms with Gasteiger partial charge in [0.05, 0.1) is 29.5 Å². The Kier molecular flexibility index (Phi) is 8.97. The predicted octanol–water partition coefficient (Wildman–Crippen LogP) is 3.99. The van der Waals surface area contributed by atoms with E-state index in [2.05, 4.69) is 52.3 Å². The quantitative estimate of drug-likeness (QED) is 0.355. The molecule has 10 nitrogen and oxygen atoms in total. The van der Waals surface area contributed by atoms with Gasteiger partial charge in [0, 0.05) is 59.3 Å². The van der Waals surface area contributed by atoms with Crippen LogP contribution in [0, 0.1) is 5.92 Å². The maximum absolute atomic E-state index is 11.8. The average Bonchev–Trinajstić information content (AvgIpc) is 3.60. The van der Waals surface area contributed by atoms with Gasteiger partial charge in [-0.1, -0.05) is 25.8 Å². The van der Waals surface area contributed by atoms with E-state index in [1.807, 2.05) is 23.8 Å². The summed E-state index contributed by atoms with van der Waals surface area (Å²) in [5.74, 6) is 1.97. The van der Waals surface area contributed by atoms with Crippen LogP contribution in [0.25, 0.3) is 11.5 Å². The molecule has 2 atom stereocenters. The Labute approximate surface area is 242 Å². The Morgan fingerprint density at radius 1 is 1.12 bits per heavy atom. The highest BCUT2D eigenvalue weighted by Crippen LogP contribution is 2.31. The van der Waals surface area contributed by atoms with E-state index >= 15 is 0 Å². The van der Waals surface area contributed by atoms with Crippen LogP contribution in [0.2, 0.25) is 0 Å². The Morgan fingerprint density at radius 2 is 1.95 bits per heavy atom. The van der Waals surface area contributed by atoms with Gasteiger partial charge in [0.15, 0.2) is 5.82 Å². The van der Waals surface area contributed by atoms with Crippen molar-refractivity contribution in [2.45, 2.75) is 78.2 Å². The molecule has 2 aliphatic rings. The van der Waals surface area contributed by atoms with Crippen molar-refractivity contribution in [3.05, 3.63) is 53.6 Å². The normalized spacial score (nSPS) is 18.6. The summed E-state index contributed by atoms with van der Waals surface area (Å²) in [5, 5.41) is 2.59. The summed E-state index contributed by atoms with van der Waals surface area (Å²) in [6, 6.07) is 9.09. The molecule has 1 aliphatic heterocycles. The average molecular weight is 559 g/mol. The van der Waals surface area contributed by atoms with Crippen molar-refractivity contribution in [1.29, 1.82) is 0 Å². The van der Waals surface area contributed by atoms with E-state index in [0.29, 0.717) is 30.1 Å². The number of pyridine rings is 2. The lowest BCUT2D eigenvalue weighted by Crippen LogP contribution is -2.39. The largest absolute Gasteiger partial charge is 0.370 e. The number of nitrogens with one attached hydrogen (secondary N) is 1. The second-order valence-electron chi connectivity index (χ2n) is 11.3. The molecular weight excluding hydrogens is 516 g/mol. The summed E-state index contributed by atoms with van der Waals surface area (Å²) in [6.07, 6.45) is 9.90. The molecule has 3 aromatic rings. The van der Waals surface area contributed by atoms with Crippen LogP contribution in [-0.4, -0.2) is 63.4 Å². The molecule has 4 heterocycles. The molecule has 1 fully saturated rings. The molecule has 0 aromatic carbocycles. The number of carbonyl (C=O) groups is 2. The topological polar surface area (TPSA) is 99.5 Å². The molecule has 2 amide bonds.